The van der Waals surface area contributed by atoms with Crippen molar-refractivity contribution in [3.63, 3.8) is 0 Å². The van der Waals surface area contributed by atoms with Gasteiger partial charge in [-0.05, 0) is 32.9 Å². The summed E-state index contributed by atoms with van der Waals surface area (Å²) in [4.78, 5) is 36.2. The first-order valence-corrected chi connectivity index (χ1v) is 13.2. The quantitative estimate of drug-likeness (QED) is 0.173. The Labute approximate surface area is 220 Å². The van der Waals surface area contributed by atoms with E-state index in [1.54, 1.807) is 19.9 Å². The molecule has 0 aromatic heterocycles. The Kier molecular flexibility index (Phi) is 9.55. The van der Waals surface area contributed by atoms with Crippen LogP contribution in [0.15, 0.2) is 42.4 Å². The number of para-hydroxylation sites is 1. The first kappa shape index (κ1) is 30.7. The number of amides is 1. The average Bonchev–Trinajstić information content (AvgIpc) is 3.11. The van der Waals surface area contributed by atoms with Gasteiger partial charge in [-0.25, -0.2) is 22.1 Å². The smallest absolute Gasteiger partial charge is 0.459 e. The molecule has 2 N–H and O–H groups in total. The van der Waals surface area contributed by atoms with E-state index in [0.717, 1.165) is 0 Å². The Bertz CT molecular complexity index is 1160. The zero-order valence-corrected chi connectivity index (χ0v) is 21.9. The van der Waals surface area contributed by atoms with Crippen LogP contribution in [-0.2, 0) is 32.9 Å². The van der Waals surface area contributed by atoms with Gasteiger partial charge in [0.1, 0.15) is 17.9 Å². The molecule has 2 heterocycles. The summed E-state index contributed by atoms with van der Waals surface area (Å²) in [6.45, 7) is 2.82. The third-order valence-corrected chi connectivity index (χ3v) is 7.27. The van der Waals surface area contributed by atoms with Crippen LogP contribution in [0.1, 0.15) is 27.2 Å². The van der Waals surface area contributed by atoms with Crippen LogP contribution in [0.2, 0.25) is 0 Å². The predicted octanol–water partition coefficient (Wildman–Crippen LogP) is 2.79. The molecule has 1 saturated heterocycles. The standard InChI is InChI=1S/C23H27F4N2O9P/c1-12(2)36-21(33)13(3)28-39(34,38-14-7-5-4-6-8-14)35-11-23(22(26)27)19(25)18(32)20(37-23)29-10-15(24)16(30)9-17(29)31/h4-8,10,12-13,18-20,22,32H,9,11H2,1-3H3,(H,28,34)/t13-,18+,19+,20+,23+,39?/m0/s1. The zero-order chi connectivity index (χ0) is 29.1. The molecule has 1 amide bonds. The maximum absolute atomic E-state index is 15.3. The van der Waals surface area contributed by atoms with E-state index in [2.05, 4.69) is 5.09 Å². The Morgan fingerprint density at radius 2 is 1.90 bits per heavy atom. The molecule has 1 aromatic rings. The minimum absolute atomic E-state index is 0.0740. The fourth-order valence-electron chi connectivity index (χ4n) is 3.68. The third kappa shape index (κ3) is 6.84. The summed E-state index contributed by atoms with van der Waals surface area (Å²) < 4.78 is 91.8. The molecule has 3 rings (SSSR count). The van der Waals surface area contributed by atoms with E-state index in [4.69, 9.17) is 18.5 Å². The number of halogens is 4. The van der Waals surface area contributed by atoms with Crippen molar-refractivity contribution in [1.82, 2.24) is 9.99 Å². The number of nitrogens with zero attached hydrogens (tertiary/aromatic N) is 1. The number of aliphatic hydroxyl groups is 1. The largest absolute Gasteiger partial charge is 0.462 e. The summed E-state index contributed by atoms with van der Waals surface area (Å²) in [6.07, 6.45) is -12.5. The number of carbonyl (C=O) groups is 3. The molecule has 39 heavy (non-hydrogen) atoms. The SMILES string of the molecule is CC(C)OC(=O)[C@H](C)NP(=O)(OC[C@@]1(C(F)F)O[C@@H](N2C=C(F)C(=O)CC2=O)[C@H](O)[C@H]1F)Oc1ccccc1. The second-order valence-corrected chi connectivity index (χ2v) is 10.7. The number of rotatable bonds is 11. The van der Waals surface area contributed by atoms with Crippen LogP contribution in [0, 0.1) is 0 Å². The molecule has 11 nitrogen and oxygen atoms in total. The maximum Gasteiger partial charge on any atom is 0.459 e. The lowest BCUT2D eigenvalue weighted by atomic mass is 9.98. The number of ketones is 1. The molecule has 1 fully saturated rings. The van der Waals surface area contributed by atoms with E-state index in [9.17, 15) is 37.2 Å². The van der Waals surface area contributed by atoms with Gasteiger partial charge in [0.2, 0.25) is 11.7 Å². The molecular weight excluding hydrogens is 555 g/mol. The van der Waals surface area contributed by atoms with E-state index in [1.165, 1.54) is 31.2 Å². The van der Waals surface area contributed by atoms with Gasteiger partial charge in [-0.3, -0.25) is 23.8 Å². The van der Waals surface area contributed by atoms with Gasteiger partial charge in [0.15, 0.2) is 23.8 Å². The van der Waals surface area contributed by atoms with Crippen molar-refractivity contribution in [3.05, 3.63) is 42.4 Å². The fraction of sp³-hybridized carbons (Fsp3) is 0.522. The molecule has 1 unspecified atom stereocenters. The van der Waals surface area contributed by atoms with Crippen molar-refractivity contribution in [3.8, 4) is 5.75 Å². The highest BCUT2D eigenvalue weighted by Gasteiger charge is 2.64. The van der Waals surface area contributed by atoms with Crippen LogP contribution >= 0.6 is 7.75 Å². The Morgan fingerprint density at radius 1 is 1.26 bits per heavy atom. The number of nitrogens with one attached hydrogen (secondary N) is 1. The normalized spacial score (nSPS) is 27.9. The number of hydrogen-bond acceptors (Lipinski definition) is 9. The van der Waals surface area contributed by atoms with Crippen LogP contribution in [0.25, 0.3) is 0 Å². The molecule has 0 aliphatic carbocycles. The van der Waals surface area contributed by atoms with Gasteiger partial charge in [-0.2, -0.15) is 5.09 Å². The van der Waals surface area contributed by atoms with Crippen LogP contribution in [0.5, 0.6) is 5.75 Å². The monoisotopic (exact) mass is 582 g/mol. The Balaban J connectivity index is 1.88. The first-order chi connectivity index (χ1) is 18.2. The molecule has 0 radical (unpaired) electrons. The molecular formula is C23H27F4N2O9P. The Hall–Kier alpha value is -2.84. The van der Waals surface area contributed by atoms with E-state index in [-0.39, 0.29) is 5.75 Å². The summed E-state index contributed by atoms with van der Waals surface area (Å²) in [6, 6.07) is 5.89. The summed E-state index contributed by atoms with van der Waals surface area (Å²) >= 11 is 0. The van der Waals surface area contributed by atoms with Crippen molar-refractivity contribution in [2.24, 2.45) is 0 Å². The van der Waals surface area contributed by atoms with Gasteiger partial charge < -0.3 is 19.1 Å². The zero-order valence-electron chi connectivity index (χ0n) is 21.0. The van der Waals surface area contributed by atoms with Gasteiger partial charge in [0, 0.05) is 6.20 Å². The van der Waals surface area contributed by atoms with Gasteiger partial charge in [0.25, 0.3) is 6.43 Å². The number of alkyl halides is 3. The van der Waals surface area contributed by atoms with Gasteiger partial charge >= 0.3 is 13.7 Å². The topological polar surface area (TPSA) is 141 Å². The summed E-state index contributed by atoms with van der Waals surface area (Å²) in [5, 5.41) is 12.6. The molecule has 2 aliphatic heterocycles. The van der Waals surface area contributed by atoms with Crippen molar-refractivity contribution in [2.45, 2.75) is 69.9 Å². The number of benzene rings is 1. The van der Waals surface area contributed by atoms with Crippen molar-refractivity contribution in [2.75, 3.05) is 6.61 Å². The summed E-state index contributed by atoms with van der Waals surface area (Å²) in [7, 11) is -4.77. The number of esters is 1. The summed E-state index contributed by atoms with van der Waals surface area (Å²) in [5.74, 6) is -4.73. The molecule has 0 saturated carbocycles. The highest BCUT2D eigenvalue weighted by atomic mass is 31.2. The van der Waals surface area contributed by atoms with E-state index >= 15 is 4.39 Å². The van der Waals surface area contributed by atoms with Gasteiger partial charge in [-0.1, -0.05) is 18.2 Å². The predicted molar refractivity (Wildman–Crippen MR) is 125 cm³/mol. The third-order valence-electron chi connectivity index (χ3n) is 5.65. The van der Waals surface area contributed by atoms with Crippen molar-refractivity contribution < 1.29 is 60.1 Å². The van der Waals surface area contributed by atoms with Crippen LogP contribution in [0.4, 0.5) is 17.6 Å². The van der Waals surface area contributed by atoms with Crippen LogP contribution in [0.3, 0.4) is 0 Å². The van der Waals surface area contributed by atoms with Crippen LogP contribution in [-0.4, -0.2) is 76.9 Å². The number of aliphatic hydroxyl groups excluding tert-OH is 1. The van der Waals surface area contributed by atoms with Gasteiger partial charge in [-0.15, -0.1) is 0 Å². The first-order valence-electron chi connectivity index (χ1n) is 11.7. The van der Waals surface area contributed by atoms with E-state index < -0.39 is 86.9 Å². The number of ether oxygens (including phenoxy) is 2. The van der Waals surface area contributed by atoms with Crippen LogP contribution < -0.4 is 9.61 Å². The maximum atomic E-state index is 15.3. The lowest BCUT2D eigenvalue weighted by molar-refractivity contribution is -0.193. The molecule has 16 heteroatoms. The van der Waals surface area contributed by atoms with Crippen molar-refractivity contribution >= 4 is 25.4 Å². The van der Waals surface area contributed by atoms with E-state index in [0.29, 0.717) is 11.1 Å². The fourth-order valence-corrected chi connectivity index (χ4v) is 5.21. The molecule has 0 spiro atoms. The minimum Gasteiger partial charge on any atom is -0.462 e. The Morgan fingerprint density at radius 3 is 2.49 bits per heavy atom. The highest BCUT2D eigenvalue weighted by molar-refractivity contribution is 7.52. The lowest BCUT2D eigenvalue weighted by Gasteiger charge is -2.33. The highest BCUT2D eigenvalue weighted by Crippen LogP contribution is 2.49. The number of hydrogen-bond donors (Lipinski definition) is 2. The second kappa shape index (κ2) is 12.1. The molecule has 6 atom stereocenters. The molecule has 1 aromatic carbocycles. The van der Waals surface area contributed by atoms with Crippen molar-refractivity contribution in [1.29, 1.82) is 0 Å². The summed E-state index contributed by atoms with van der Waals surface area (Å²) in [5.41, 5.74) is -3.32. The number of Topliss-reactive ketones (excluding diaryl/α,β-unsaturated/α-hetero) is 1. The number of allylic oxidation sites excluding steroid dienone is 1. The molecule has 216 valence electrons. The lowest BCUT2D eigenvalue weighted by Crippen LogP contribution is -2.51. The van der Waals surface area contributed by atoms with Gasteiger partial charge in [0.05, 0.1) is 19.1 Å². The minimum atomic E-state index is -4.77. The van der Waals surface area contributed by atoms with E-state index in [1.807, 2.05) is 0 Å². The average molecular weight is 582 g/mol. The number of carbonyl (C=O) groups excluding carboxylic acids is 3. The molecule has 2 aliphatic rings. The molecule has 0 bridgehead atoms. The second-order valence-electron chi connectivity index (χ2n) is 9.05.